The Hall–Kier alpha value is -3.81. The first-order valence-electron chi connectivity index (χ1n) is 8.79. The van der Waals surface area contributed by atoms with Crippen molar-refractivity contribution in [3.63, 3.8) is 0 Å². The van der Waals surface area contributed by atoms with Gasteiger partial charge in [0.15, 0.2) is 11.5 Å². The zero-order valence-corrected chi connectivity index (χ0v) is 16.3. The average Bonchev–Trinajstić information content (AvgIpc) is 2.76. The molecule has 1 aromatic heterocycles. The predicted molar refractivity (Wildman–Crippen MR) is 108 cm³/mol. The maximum Gasteiger partial charge on any atom is 0.346 e. The normalized spacial score (nSPS) is 10.3. The lowest BCUT2D eigenvalue weighted by molar-refractivity contribution is 0.0945. The predicted octanol–water partition coefficient (Wildman–Crippen LogP) is 2.39. The number of carbonyl (C=O) groups is 1. The molecule has 0 bridgehead atoms. The van der Waals surface area contributed by atoms with Gasteiger partial charge in [-0.2, -0.15) is 4.98 Å². The average molecular weight is 395 g/mol. The standard InChI is InChI=1S/C21H21N3O5/c1-27-15-6-4-5-14(10-15)16-11-17(24-21(26)23-16)20(25)22-12-13-7-8-18(28-2)19(9-13)29-3/h4-11H,12H2,1-3H3,(H,22,25)(H,23,24,26). The summed E-state index contributed by atoms with van der Waals surface area (Å²) < 4.78 is 15.7. The fourth-order valence-electron chi connectivity index (χ4n) is 2.78. The summed E-state index contributed by atoms with van der Waals surface area (Å²) in [6, 6.07) is 14.0. The minimum Gasteiger partial charge on any atom is -0.497 e. The number of ether oxygens (including phenoxy) is 3. The number of hydrogen-bond acceptors (Lipinski definition) is 6. The molecule has 150 valence electrons. The zero-order chi connectivity index (χ0) is 20.8. The lowest BCUT2D eigenvalue weighted by Crippen LogP contribution is -2.27. The van der Waals surface area contributed by atoms with Crippen molar-refractivity contribution >= 4 is 5.91 Å². The van der Waals surface area contributed by atoms with Crippen molar-refractivity contribution in [2.24, 2.45) is 0 Å². The van der Waals surface area contributed by atoms with Crippen LogP contribution >= 0.6 is 0 Å². The smallest absolute Gasteiger partial charge is 0.346 e. The van der Waals surface area contributed by atoms with Gasteiger partial charge in [-0.15, -0.1) is 0 Å². The highest BCUT2D eigenvalue weighted by Gasteiger charge is 2.12. The fraction of sp³-hybridized carbons (Fsp3) is 0.190. The molecule has 0 saturated heterocycles. The molecule has 3 rings (SSSR count). The van der Waals surface area contributed by atoms with E-state index in [1.54, 1.807) is 57.7 Å². The van der Waals surface area contributed by atoms with E-state index in [9.17, 15) is 9.59 Å². The summed E-state index contributed by atoms with van der Waals surface area (Å²) >= 11 is 0. The molecule has 2 N–H and O–H groups in total. The van der Waals surface area contributed by atoms with Crippen molar-refractivity contribution < 1.29 is 19.0 Å². The Labute approximate surface area is 167 Å². The Morgan fingerprint density at radius 3 is 2.52 bits per heavy atom. The van der Waals surface area contributed by atoms with Gasteiger partial charge in [0.05, 0.1) is 27.0 Å². The number of aromatic nitrogens is 2. The molecule has 0 spiro atoms. The van der Waals surface area contributed by atoms with Crippen molar-refractivity contribution in [3.8, 4) is 28.5 Å². The number of nitrogens with one attached hydrogen (secondary N) is 2. The van der Waals surface area contributed by atoms with Crippen LogP contribution in [0.4, 0.5) is 0 Å². The first-order chi connectivity index (χ1) is 14.0. The Kier molecular flexibility index (Phi) is 6.13. The molecule has 0 aliphatic heterocycles. The topological polar surface area (TPSA) is 103 Å². The van der Waals surface area contributed by atoms with E-state index in [0.29, 0.717) is 28.5 Å². The second-order valence-electron chi connectivity index (χ2n) is 6.09. The van der Waals surface area contributed by atoms with E-state index < -0.39 is 11.6 Å². The van der Waals surface area contributed by atoms with Crippen molar-refractivity contribution in [1.82, 2.24) is 15.3 Å². The van der Waals surface area contributed by atoms with E-state index in [1.807, 2.05) is 6.07 Å². The van der Waals surface area contributed by atoms with E-state index in [2.05, 4.69) is 15.3 Å². The maximum atomic E-state index is 12.6. The van der Waals surface area contributed by atoms with Gasteiger partial charge in [-0.3, -0.25) is 4.79 Å². The van der Waals surface area contributed by atoms with Crippen LogP contribution in [0.1, 0.15) is 16.1 Å². The quantitative estimate of drug-likeness (QED) is 0.637. The molecule has 0 aliphatic rings. The van der Waals surface area contributed by atoms with Gasteiger partial charge in [-0.1, -0.05) is 18.2 Å². The summed E-state index contributed by atoms with van der Waals surface area (Å²) in [5.41, 5.74) is 1.37. The molecule has 0 saturated carbocycles. The van der Waals surface area contributed by atoms with E-state index in [4.69, 9.17) is 14.2 Å². The molecule has 29 heavy (non-hydrogen) atoms. The van der Waals surface area contributed by atoms with Crippen molar-refractivity contribution in [2.45, 2.75) is 6.54 Å². The van der Waals surface area contributed by atoms with Crippen molar-refractivity contribution in [3.05, 3.63) is 70.3 Å². The minimum absolute atomic E-state index is 0.114. The van der Waals surface area contributed by atoms with Gasteiger partial charge in [0.25, 0.3) is 5.91 Å². The highest BCUT2D eigenvalue weighted by molar-refractivity contribution is 5.93. The maximum absolute atomic E-state index is 12.6. The molecule has 2 aromatic carbocycles. The molecule has 0 unspecified atom stereocenters. The molecule has 8 heteroatoms. The molecular weight excluding hydrogens is 374 g/mol. The number of H-pyrrole nitrogens is 1. The first-order valence-corrected chi connectivity index (χ1v) is 8.79. The van der Waals surface area contributed by atoms with E-state index in [0.717, 1.165) is 5.56 Å². The molecule has 3 aromatic rings. The van der Waals surface area contributed by atoms with Gasteiger partial charge in [0.2, 0.25) is 0 Å². The number of amides is 1. The highest BCUT2D eigenvalue weighted by Crippen LogP contribution is 2.27. The Bertz CT molecular complexity index is 1080. The summed E-state index contributed by atoms with van der Waals surface area (Å²) in [5, 5.41) is 2.77. The molecule has 0 radical (unpaired) electrons. The number of benzene rings is 2. The number of hydrogen-bond donors (Lipinski definition) is 2. The van der Waals surface area contributed by atoms with Crippen molar-refractivity contribution in [1.29, 1.82) is 0 Å². The van der Waals surface area contributed by atoms with E-state index in [1.165, 1.54) is 6.07 Å². The first kappa shape index (κ1) is 19.9. The summed E-state index contributed by atoms with van der Waals surface area (Å²) in [7, 11) is 4.65. The van der Waals surface area contributed by atoms with Crippen LogP contribution in [-0.2, 0) is 6.54 Å². The third-order valence-electron chi connectivity index (χ3n) is 4.26. The van der Waals surface area contributed by atoms with E-state index in [-0.39, 0.29) is 12.2 Å². The van der Waals surface area contributed by atoms with Crippen LogP contribution in [0.25, 0.3) is 11.3 Å². The van der Waals surface area contributed by atoms with Gasteiger partial charge >= 0.3 is 5.69 Å². The molecule has 8 nitrogen and oxygen atoms in total. The molecule has 1 amide bonds. The summed E-state index contributed by atoms with van der Waals surface area (Å²) in [6.45, 7) is 0.248. The second-order valence-corrected chi connectivity index (χ2v) is 6.09. The largest absolute Gasteiger partial charge is 0.497 e. The number of nitrogens with zero attached hydrogens (tertiary/aromatic N) is 1. The summed E-state index contributed by atoms with van der Waals surface area (Å²) in [6.07, 6.45) is 0. The molecule has 0 atom stereocenters. The molecular formula is C21H21N3O5. The highest BCUT2D eigenvalue weighted by atomic mass is 16.5. The van der Waals surface area contributed by atoms with Gasteiger partial charge in [-0.05, 0) is 35.9 Å². The molecule has 0 aliphatic carbocycles. The second kappa shape index (κ2) is 8.92. The van der Waals surface area contributed by atoms with Gasteiger partial charge in [0, 0.05) is 12.1 Å². The van der Waals surface area contributed by atoms with Crippen LogP contribution in [-0.4, -0.2) is 37.2 Å². The Morgan fingerprint density at radius 2 is 1.79 bits per heavy atom. The van der Waals surface area contributed by atoms with Crippen LogP contribution < -0.4 is 25.2 Å². The summed E-state index contributed by atoms with van der Waals surface area (Å²) in [5.74, 6) is 1.37. The van der Waals surface area contributed by atoms with Crippen LogP contribution in [0.3, 0.4) is 0 Å². The fourth-order valence-corrected chi connectivity index (χ4v) is 2.78. The Balaban J connectivity index is 1.79. The van der Waals surface area contributed by atoms with Crippen LogP contribution in [0.5, 0.6) is 17.2 Å². The lowest BCUT2D eigenvalue weighted by atomic mass is 10.1. The van der Waals surface area contributed by atoms with Gasteiger partial charge in [0.1, 0.15) is 11.4 Å². The SMILES string of the molecule is COc1cccc(-c2cc(C(=O)NCc3ccc(OC)c(OC)c3)[nH]c(=O)n2)c1. The van der Waals surface area contributed by atoms with Crippen molar-refractivity contribution in [2.75, 3.05) is 21.3 Å². The minimum atomic E-state index is -0.610. The number of carbonyl (C=O) groups excluding carboxylic acids is 1. The molecule has 0 fully saturated rings. The van der Waals surface area contributed by atoms with Crippen LogP contribution in [0, 0.1) is 0 Å². The Morgan fingerprint density at radius 1 is 1.00 bits per heavy atom. The monoisotopic (exact) mass is 395 g/mol. The van der Waals surface area contributed by atoms with Gasteiger partial charge in [-0.25, -0.2) is 4.79 Å². The third-order valence-corrected chi connectivity index (χ3v) is 4.26. The van der Waals surface area contributed by atoms with E-state index >= 15 is 0 Å². The van der Waals surface area contributed by atoms with Crippen LogP contribution in [0.15, 0.2) is 53.3 Å². The third kappa shape index (κ3) is 4.73. The summed E-state index contributed by atoms with van der Waals surface area (Å²) in [4.78, 5) is 30.9. The van der Waals surface area contributed by atoms with Crippen LogP contribution in [0.2, 0.25) is 0 Å². The number of methoxy groups -OCH3 is 3. The lowest BCUT2D eigenvalue weighted by Gasteiger charge is -2.11. The van der Waals surface area contributed by atoms with Gasteiger partial charge < -0.3 is 24.5 Å². The molecule has 1 heterocycles. The zero-order valence-electron chi connectivity index (χ0n) is 16.3. The number of aromatic amines is 1. The number of rotatable bonds is 7.